The van der Waals surface area contributed by atoms with Gasteiger partial charge in [0.15, 0.2) is 0 Å². The Labute approximate surface area is 115 Å². The van der Waals surface area contributed by atoms with Gasteiger partial charge in [0.05, 0.1) is 15.6 Å². The average molecular weight is 274 g/mol. The minimum Gasteiger partial charge on any atom is -0.254 e. The van der Waals surface area contributed by atoms with Crippen LogP contribution in [0.2, 0.25) is 10.0 Å². The van der Waals surface area contributed by atoms with Gasteiger partial charge in [0.2, 0.25) is 0 Å². The number of hydrogen-bond acceptors (Lipinski definition) is 1. The van der Waals surface area contributed by atoms with Crippen molar-refractivity contribution in [2.45, 2.75) is 0 Å². The van der Waals surface area contributed by atoms with E-state index in [2.05, 4.69) is 17.1 Å². The standard InChI is InChI=1S/C15H9Cl2N/c16-13-9-18-15-11(10-5-2-1-3-6-10)7-4-8-12(15)14(13)17/h1-9H. The summed E-state index contributed by atoms with van der Waals surface area (Å²) in [6.07, 6.45) is 1.60. The summed E-state index contributed by atoms with van der Waals surface area (Å²) >= 11 is 12.2. The van der Waals surface area contributed by atoms with Crippen LogP contribution in [0.25, 0.3) is 22.0 Å². The van der Waals surface area contributed by atoms with Crippen LogP contribution in [0.4, 0.5) is 0 Å². The summed E-state index contributed by atoms with van der Waals surface area (Å²) in [5.41, 5.74) is 3.05. The monoisotopic (exact) mass is 273 g/mol. The third-order valence-electron chi connectivity index (χ3n) is 2.87. The van der Waals surface area contributed by atoms with Crippen LogP contribution >= 0.6 is 23.2 Å². The third kappa shape index (κ3) is 1.86. The first-order chi connectivity index (χ1) is 8.77. The molecule has 3 rings (SSSR count). The predicted octanol–water partition coefficient (Wildman–Crippen LogP) is 5.21. The lowest BCUT2D eigenvalue weighted by Gasteiger charge is -2.07. The lowest BCUT2D eigenvalue weighted by atomic mass is 10.0. The van der Waals surface area contributed by atoms with Gasteiger partial charge in [0, 0.05) is 17.1 Å². The number of fused-ring (bicyclic) bond motifs is 1. The van der Waals surface area contributed by atoms with Gasteiger partial charge in [-0.15, -0.1) is 0 Å². The van der Waals surface area contributed by atoms with Crippen LogP contribution in [0.15, 0.2) is 54.7 Å². The molecule has 0 aliphatic heterocycles. The largest absolute Gasteiger partial charge is 0.254 e. The maximum absolute atomic E-state index is 6.21. The second-order valence-electron chi connectivity index (χ2n) is 3.99. The van der Waals surface area contributed by atoms with Crippen LogP contribution < -0.4 is 0 Å². The van der Waals surface area contributed by atoms with Crippen molar-refractivity contribution in [2.24, 2.45) is 0 Å². The lowest BCUT2D eigenvalue weighted by Crippen LogP contribution is -1.86. The Morgan fingerprint density at radius 1 is 0.833 bits per heavy atom. The molecule has 0 aliphatic carbocycles. The highest BCUT2D eigenvalue weighted by atomic mass is 35.5. The number of halogens is 2. The average Bonchev–Trinajstić information content (AvgIpc) is 2.43. The van der Waals surface area contributed by atoms with Gasteiger partial charge in [0.1, 0.15) is 0 Å². The maximum Gasteiger partial charge on any atom is 0.0796 e. The molecular weight excluding hydrogens is 265 g/mol. The van der Waals surface area contributed by atoms with Crippen molar-refractivity contribution in [1.82, 2.24) is 4.98 Å². The summed E-state index contributed by atoms with van der Waals surface area (Å²) in [7, 11) is 0. The van der Waals surface area contributed by atoms with E-state index in [1.54, 1.807) is 6.20 Å². The molecule has 0 saturated heterocycles. The molecule has 0 unspecified atom stereocenters. The van der Waals surface area contributed by atoms with Crippen molar-refractivity contribution in [3.8, 4) is 11.1 Å². The Bertz CT molecular complexity index is 708. The van der Waals surface area contributed by atoms with Crippen molar-refractivity contribution < 1.29 is 0 Å². The molecule has 0 N–H and O–H groups in total. The molecule has 3 aromatic rings. The van der Waals surface area contributed by atoms with Crippen molar-refractivity contribution in [3.63, 3.8) is 0 Å². The Morgan fingerprint density at radius 3 is 2.39 bits per heavy atom. The van der Waals surface area contributed by atoms with Crippen LogP contribution in [0.1, 0.15) is 0 Å². The fraction of sp³-hybridized carbons (Fsp3) is 0. The van der Waals surface area contributed by atoms with Gasteiger partial charge >= 0.3 is 0 Å². The van der Waals surface area contributed by atoms with Gasteiger partial charge in [0.25, 0.3) is 0 Å². The molecule has 1 nitrogen and oxygen atoms in total. The predicted molar refractivity (Wildman–Crippen MR) is 77.2 cm³/mol. The molecular formula is C15H9Cl2N. The van der Waals surface area contributed by atoms with E-state index < -0.39 is 0 Å². The highest BCUT2D eigenvalue weighted by Gasteiger charge is 2.09. The summed E-state index contributed by atoms with van der Waals surface area (Å²) in [5, 5.41) is 1.92. The van der Waals surface area contributed by atoms with Crippen molar-refractivity contribution >= 4 is 34.1 Å². The Kier molecular flexibility index (Phi) is 2.94. The van der Waals surface area contributed by atoms with Crippen LogP contribution in [0.5, 0.6) is 0 Å². The molecule has 0 radical (unpaired) electrons. The van der Waals surface area contributed by atoms with Crippen LogP contribution in [0, 0.1) is 0 Å². The minimum absolute atomic E-state index is 0.481. The molecule has 0 atom stereocenters. The normalized spacial score (nSPS) is 10.8. The second kappa shape index (κ2) is 4.60. The van der Waals surface area contributed by atoms with Crippen molar-refractivity contribution in [2.75, 3.05) is 0 Å². The zero-order valence-electron chi connectivity index (χ0n) is 9.40. The molecule has 0 fully saturated rings. The molecule has 0 spiro atoms. The van der Waals surface area contributed by atoms with Crippen molar-refractivity contribution in [1.29, 1.82) is 0 Å². The quantitative estimate of drug-likeness (QED) is 0.593. The summed E-state index contributed by atoms with van der Waals surface area (Å²) in [5.74, 6) is 0. The van der Waals surface area contributed by atoms with Gasteiger partial charge in [-0.2, -0.15) is 0 Å². The highest BCUT2D eigenvalue weighted by molar-refractivity contribution is 6.45. The van der Waals surface area contributed by atoms with E-state index in [-0.39, 0.29) is 0 Å². The van der Waals surface area contributed by atoms with Gasteiger partial charge in [-0.1, -0.05) is 71.7 Å². The van der Waals surface area contributed by atoms with Gasteiger partial charge in [-0.05, 0) is 5.56 Å². The summed E-state index contributed by atoms with van der Waals surface area (Å²) in [4.78, 5) is 4.40. The van der Waals surface area contributed by atoms with E-state index in [0.29, 0.717) is 10.0 Å². The summed E-state index contributed by atoms with van der Waals surface area (Å²) in [6, 6.07) is 16.0. The molecule has 1 heterocycles. The number of para-hydroxylation sites is 1. The van der Waals surface area contributed by atoms with Crippen LogP contribution in [-0.4, -0.2) is 4.98 Å². The Hall–Kier alpha value is -1.57. The topological polar surface area (TPSA) is 12.9 Å². The van der Waals surface area contributed by atoms with E-state index >= 15 is 0 Å². The number of benzene rings is 2. The molecule has 18 heavy (non-hydrogen) atoms. The molecule has 88 valence electrons. The first kappa shape index (κ1) is 11.5. The highest BCUT2D eigenvalue weighted by Crippen LogP contribution is 2.34. The fourth-order valence-electron chi connectivity index (χ4n) is 2.02. The minimum atomic E-state index is 0.481. The van der Waals surface area contributed by atoms with Gasteiger partial charge in [-0.25, -0.2) is 0 Å². The molecule has 1 aromatic heterocycles. The number of rotatable bonds is 1. The number of aromatic nitrogens is 1. The molecule has 3 heteroatoms. The summed E-state index contributed by atoms with van der Waals surface area (Å²) in [6.45, 7) is 0. The van der Waals surface area contributed by atoms with E-state index in [1.165, 1.54) is 0 Å². The Balaban J connectivity index is 2.35. The number of pyridine rings is 1. The molecule has 0 amide bonds. The molecule has 0 bridgehead atoms. The van der Waals surface area contributed by atoms with Crippen molar-refractivity contribution in [3.05, 3.63) is 64.8 Å². The van der Waals surface area contributed by atoms with Gasteiger partial charge < -0.3 is 0 Å². The maximum atomic E-state index is 6.21. The molecule has 0 saturated carbocycles. The lowest BCUT2D eigenvalue weighted by molar-refractivity contribution is 1.41. The van der Waals surface area contributed by atoms with Crippen LogP contribution in [-0.2, 0) is 0 Å². The Morgan fingerprint density at radius 2 is 1.61 bits per heavy atom. The molecule has 0 aliphatic rings. The smallest absolute Gasteiger partial charge is 0.0796 e. The number of nitrogens with zero attached hydrogens (tertiary/aromatic N) is 1. The first-order valence-electron chi connectivity index (χ1n) is 5.55. The third-order valence-corrected chi connectivity index (χ3v) is 3.66. The fourth-order valence-corrected chi connectivity index (χ4v) is 2.37. The van der Waals surface area contributed by atoms with E-state index in [4.69, 9.17) is 23.2 Å². The second-order valence-corrected chi connectivity index (χ2v) is 4.77. The zero-order chi connectivity index (χ0) is 12.5. The molecule has 2 aromatic carbocycles. The van der Waals surface area contributed by atoms with E-state index in [0.717, 1.165) is 22.0 Å². The van der Waals surface area contributed by atoms with Crippen LogP contribution in [0.3, 0.4) is 0 Å². The first-order valence-corrected chi connectivity index (χ1v) is 6.31. The van der Waals surface area contributed by atoms with E-state index in [9.17, 15) is 0 Å². The SMILES string of the molecule is Clc1cnc2c(-c3ccccc3)cccc2c1Cl. The van der Waals surface area contributed by atoms with E-state index in [1.807, 2.05) is 36.4 Å². The number of hydrogen-bond donors (Lipinski definition) is 0. The van der Waals surface area contributed by atoms with Gasteiger partial charge in [-0.3, -0.25) is 4.98 Å². The zero-order valence-corrected chi connectivity index (χ0v) is 10.9. The summed E-state index contributed by atoms with van der Waals surface area (Å²) < 4.78 is 0.